The van der Waals surface area contributed by atoms with Crippen LogP contribution in [0, 0.1) is 0 Å². The Kier molecular flexibility index (Phi) is 9.04. The normalized spacial score (nSPS) is 13.4. The molecule has 1 N–H and O–H groups in total. The fourth-order valence-corrected chi connectivity index (χ4v) is 1.30. The van der Waals surface area contributed by atoms with Gasteiger partial charge < -0.3 is 0 Å². The molecule has 0 aliphatic rings. The van der Waals surface area contributed by atoms with Crippen LogP contribution in [0.2, 0.25) is 0 Å². The van der Waals surface area contributed by atoms with Crippen molar-refractivity contribution in [3.05, 3.63) is 0 Å². The van der Waals surface area contributed by atoms with Crippen LogP contribution in [-0.2, 0) is 20.0 Å². The van der Waals surface area contributed by atoms with Gasteiger partial charge in [0.2, 0.25) is 0 Å². The lowest BCUT2D eigenvalue weighted by molar-refractivity contribution is -0.702. The zero-order valence-electron chi connectivity index (χ0n) is 6.16. The van der Waals surface area contributed by atoms with E-state index in [0.717, 1.165) is 12.8 Å². The summed E-state index contributed by atoms with van der Waals surface area (Å²) in [5, 5.41) is 18.3. The Morgan fingerprint density at radius 1 is 1.45 bits per heavy atom. The minimum absolute atomic E-state index is 0.375. The summed E-state index contributed by atoms with van der Waals surface area (Å²) >= 11 is 2.23. The van der Waals surface area contributed by atoms with E-state index < -0.39 is 0 Å². The summed E-state index contributed by atoms with van der Waals surface area (Å²) in [6.45, 7) is 2.48. The average molecular weight is 278 g/mol. The van der Waals surface area contributed by atoms with Crippen molar-refractivity contribution in [1.29, 1.82) is 0 Å². The largest absolute Gasteiger partial charge is 0.219 e. The summed E-state index contributed by atoms with van der Waals surface area (Å²) in [5.41, 5.74) is 0. The van der Waals surface area contributed by atoms with E-state index >= 15 is 0 Å². The maximum absolute atomic E-state index is 7.61. The minimum Gasteiger partial charge on any atom is -0.219 e. The Hall–Kier alpha value is 0.530. The molecule has 0 bridgehead atoms. The van der Waals surface area contributed by atoms with E-state index in [9.17, 15) is 0 Å². The second-order valence-electron chi connectivity index (χ2n) is 1.88. The van der Waals surface area contributed by atoms with Crippen LogP contribution in [-0.4, -0.2) is 15.8 Å². The molecule has 5 nitrogen and oxygen atoms in total. The Morgan fingerprint density at radius 3 is 2.73 bits per heavy atom. The summed E-state index contributed by atoms with van der Waals surface area (Å²) in [6, 6.07) is 0. The van der Waals surface area contributed by atoms with Crippen LogP contribution in [0.5, 0.6) is 0 Å². The third kappa shape index (κ3) is 8.44. The Labute approximate surface area is 78.4 Å². The van der Waals surface area contributed by atoms with Crippen molar-refractivity contribution in [2.24, 2.45) is 0 Å². The first kappa shape index (κ1) is 11.5. The van der Waals surface area contributed by atoms with Gasteiger partial charge >= 0.3 is 0 Å². The molecule has 0 aromatic heterocycles. The molecular formula is C5H11IO5. The van der Waals surface area contributed by atoms with Crippen LogP contribution < -0.4 is 0 Å². The predicted octanol–water partition coefficient (Wildman–Crippen LogP) is 1.87. The third-order valence-electron chi connectivity index (χ3n) is 0.957. The van der Waals surface area contributed by atoms with Gasteiger partial charge in [-0.05, 0) is 21.5 Å². The van der Waals surface area contributed by atoms with Gasteiger partial charge in [-0.1, -0.05) is 35.9 Å². The van der Waals surface area contributed by atoms with Crippen molar-refractivity contribution < 1.29 is 25.3 Å². The zero-order valence-corrected chi connectivity index (χ0v) is 8.31. The maximum atomic E-state index is 7.61. The van der Waals surface area contributed by atoms with Gasteiger partial charge in [-0.2, -0.15) is 0 Å². The van der Waals surface area contributed by atoms with Gasteiger partial charge in [0.1, 0.15) is 0 Å². The van der Waals surface area contributed by atoms with Crippen molar-refractivity contribution in [3.8, 4) is 0 Å². The molecule has 0 radical (unpaired) electrons. The second-order valence-corrected chi connectivity index (χ2v) is 3.64. The van der Waals surface area contributed by atoms with Gasteiger partial charge in [-0.3, -0.25) is 0 Å². The summed E-state index contributed by atoms with van der Waals surface area (Å²) in [5.74, 6) is 0. The highest BCUT2D eigenvalue weighted by molar-refractivity contribution is 14.1. The quantitative estimate of drug-likeness (QED) is 0.253. The molecule has 0 rings (SSSR count). The highest BCUT2D eigenvalue weighted by Gasteiger charge is 2.02. The summed E-state index contributed by atoms with van der Waals surface area (Å²) < 4.78 is 0.375. The smallest absolute Gasteiger partial charge is 0.0972 e. The highest BCUT2D eigenvalue weighted by atomic mass is 127. The average Bonchev–Trinajstić information content (AvgIpc) is 1.99. The zero-order chi connectivity index (χ0) is 8.53. The van der Waals surface area contributed by atoms with E-state index in [2.05, 4.69) is 49.5 Å². The fraction of sp³-hybridized carbons (Fsp3) is 1.00. The monoisotopic (exact) mass is 278 g/mol. The van der Waals surface area contributed by atoms with Gasteiger partial charge in [0, 0.05) is 3.92 Å². The fourth-order valence-electron chi connectivity index (χ4n) is 0.530. The minimum atomic E-state index is 0.375. The Morgan fingerprint density at radius 2 is 2.18 bits per heavy atom. The van der Waals surface area contributed by atoms with Crippen LogP contribution in [0.1, 0.15) is 19.8 Å². The molecule has 0 saturated heterocycles. The van der Waals surface area contributed by atoms with E-state index in [-0.39, 0.29) is 0 Å². The van der Waals surface area contributed by atoms with Crippen LogP contribution >= 0.6 is 22.6 Å². The molecular weight excluding hydrogens is 267 g/mol. The molecule has 1 atom stereocenters. The number of halogens is 1. The second kappa shape index (κ2) is 8.62. The topological polar surface area (TPSA) is 57.2 Å². The van der Waals surface area contributed by atoms with Crippen molar-refractivity contribution in [1.82, 2.24) is 0 Å². The molecule has 11 heavy (non-hydrogen) atoms. The van der Waals surface area contributed by atoms with E-state index in [0.29, 0.717) is 10.5 Å². The Balaban J connectivity index is 2.97. The molecule has 0 amide bonds. The van der Waals surface area contributed by atoms with Gasteiger partial charge in [0.25, 0.3) is 0 Å². The SMILES string of the molecule is CCCC(I)COOOOO. The summed E-state index contributed by atoms with van der Waals surface area (Å²) in [6.07, 6.45) is 2.14. The van der Waals surface area contributed by atoms with Crippen LogP contribution in [0.3, 0.4) is 0 Å². The van der Waals surface area contributed by atoms with Crippen LogP contribution in [0.4, 0.5) is 0 Å². The molecule has 1 unspecified atom stereocenters. The summed E-state index contributed by atoms with van der Waals surface area (Å²) in [4.78, 5) is 4.47. The predicted molar refractivity (Wildman–Crippen MR) is 44.6 cm³/mol. The summed E-state index contributed by atoms with van der Waals surface area (Å²) in [7, 11) is 0. The third-order valence-corrected chi connectivity index (χ3v) is 1.94. The van der Waals surface area contributed by atoms with Crippen molar-refractivity contribution in [2.75, 3.05) is 6.61 Å². The molecule has 0 fully saturated rings. The van der Waals surface area contributed by atoms with Crippen molar-refractivity contribution >= 4 is 22.6 Å². The van der Waals surface area contributed by atoms with Gasteiger partial charge in [0.15, 0.2) is 0 Å². The van der Waals surface area contributed by atoms with E-state index in [1.165, 1.54) is 0 Å². The van der Waals surface area contributed by atoms with Crippen molar-refractivity contribution in [3.63, 3.8) is 0 Å². The molecule has 0 aromatic carbocycles. The number of alkyl halides is 1. The lowest BCUT2D eigenvalue weighted by Crippen LogP contribution is -2.08. The van der Waals surface area contributed by atoms with Gasteiger partial charge in [-0.25, -0.2) is 10.1 Å². The molecule has 0 aliphatic carbocycles. The number of hydrogen-bond acceptors (Lipinski definition) is 5. The first-order chi connectivity index (χ1) is 5.31. The first-order valence-corrected chi connectivity index (χ1v) is 4.46. The lowest BCUT2D eigenvalue weighted by Gasteiger charge is -2.05. The van der Waals surface area contributed by atoms with E-state index in [1.807, 2.05) is 0 Å². The van der Waals surface area contributed by atoms with E-state index in [1.54, 1.807) is 0 Å². The standard InChI is InChI=1S/C5H11IO5/c1-2-3-5(6)4-8-10-11-9-7/h5,7H,2-4H2,1H3. The molecule has 0 aliphatic heterocycles. The maximum Gasteiger partial charge on any atom is 0.0972 e. The van der Waals surface area contributed by atoms with Crippen LogP contribution in [0.25, 0.3) is 0 Å². The number of rotatable bonds is 7. The highest BCUT2D eigenvalue weighted by Crippen LogP contribution is 2.08. The lowest BCUT2D eigenvalue weighted by atomic mass is 10.3. The van der Waals surface area contributed by atoms with Crippen LogP contribution in [0.15, 0.2) is 0 Å². The molecule has 6 heteroatoms. The molecule has 0 heterocycles. The molecule has 0 saturated carbocycles. The van der Waals surface area contributed by atoms with Gasteiger partial charge in [0.05, 0.1) is 6.61 Å². The number of hydrogen-bond donors (Lipinski definition) is 1. The van der Waals surface area contributed by atoms with Crippen molar-refractivity contribution in [2.45, 2.75) is 23.7 Å². The molecule has 68 valence electrons. The molecule has 0 spiro atoms. The van der Waals surface area contributed by atoms with Gasteiger partial charge in [-0.15, -0.1) is 0 Å². The molecule has 0 aromatic rings. The van der Waals surface area contributed by atoms with E-state index in [4.69, 9.17) is 5.26 Å². The first-order valence-electron chi connectivity index (χ1n) is 3.21. The Bertz CT molecular complexity index is 81.3.